The van der Waals surface area contributed by atoms with Crippen molar-refractivity contribution in [2.45, 2.75) is 27.2 Å². The van der Waals surface area contributed by atoms with Crippen LogP contribution in [0.3, 0.4) is 0 Å². The van der Waals surface area contributed by atoms with Gasteiger partial charge in [0.25, 0.3) is 5.91 Å². The summed E-state index contributed by atoms with van der Waals surface area (Å²) in [5, 5.41) is 18.8. The lowest BCUT2D eigenvalue weighted by atomic mass is 9.93. The predicted molar refractivity (Wildman–Crippen MR) is 92.3 cm³/mol. The van der Waals surface area contributed by atoms with Crippen molar-refractivity contribution in [2.24, 2.45) is 0 Å². The van der Waals surface area contributed by atoms with Gasteiger partial charge in [-0.2, -0.15) is 0 Å². The van der Waals surface area contributed by atoms with Crippen LogP contribution in [0.1, 0.15) is 39.0 Å². The van der Waals surface area contributed by atoms with Crippen LogP contribution in [0, 0.1) is 32.0 Å². The molecule has 2 N–H and O–H groups in total. The highest BCUT2D eigenvalue weighted by molar-refractivity contribution is 5.97. The maximum absolute atomic E-state index is 12.5. The maximum Gasteiger partial charge on any atom is 0.337 e. The molecule has 0 unspecified atom stereocenters. The first kappa shape index (κ1) is 17.6. The van der Waals surface area contributed by atoms with Gasteiger partial charge in [0.05, 0.1) is 0 Å². The third-order valence-electron chi connectivity index (χ3n) is 4.19. The topological polar surface area (TPSA) is 88.9 Å². The Morgan fingerprint density at radius 1 is 1.42 bits per heavy atom. The van der Waals surface area contributed by atoms with Gasteiger partial charge in [-0.25, -0.2) is 4.79 Å². The number of aryl methyl sites for hydroxylation is 2. The van der Waals surface area contributed by atoms with E-state index in [9.17, 15) is 14.8 Å². The summed E-state index contributed by atoms with van der Waals surface area (Å²) in [5.74, 6) is -0.190. The van der Waals surface area contributed by atoms with E-state index in [2.05, 4.69) is 21.7 Å². The molecule has 1 aromatic rings. The van der Waals surface area contributed by atoms with Crippen molar-refractivity contribution >= 4 is 11.9 Å². The molecule has 0 radical (unpaired) electrons. The van der Waals surface area contributed by atoms with Gasteiger partial charge in [-0.05, 0) is 43.9 Å². The van der Waals surface area contributed by atoms with Gasteiger partial charge in [-0.1, -0.05) is 6.07 Å². The molecule has 0 saturated carbocycles. The second-order valence-electron chi connectivity index (χ2n) is 5.92. The minimum Gasteiger partial charge on any atom is -0.498 e. The summed E-state index contributed by atoms with van der Waals surface area (Å²) in [5.41, 5.74) is 3.52. The Morgan fingerprint density at radius 3 is 2.79 bits per heavy atom. The van der Waals surface area contributed by atoms with Gasteiger partial charge >= 0.3 is 12.1 Å². The fourth-order valence-corrected chi connectivity index (χ4v) is 3.04. The molecule has 128 valence electrons. The molecule has 1 aromatic carbocycles. The zero-order valence-corrected chi connectivity index (χ0v) is 14.2. The summed E-state index contributed by atoms with van der Waals surface area (Å²) in [7, 11) is 0. The Hall–Kier alpha value is -2.75. The van der Waals surface area contributed by atoms with E-state index in [4.69, 9.17) is 0 Å². The zero-order valence-electron chi connectivity index (χ0n) is 14.2. The first-order chi connectivity index (χ1) is 11.5. The number of benzene rings is 1. The monoisotopic (exact) mass is 330 g/mol. The largest absolute Gasteiger partial charge is 0.498 e. The lowest BCUT2D eigenvalue weighted by Crippen LogP contribution is -2.32. The summed E-state index contributed by atoms with van der Waals surface area (Å²) < 4.78 is 0. The van der Waals surface area contributed by atoms with E-state index in [0.717, 1.165) is 11.1 Å². The minimum atomic E-state index is -0.190. The number of urea groups is 1. The van der Waals surface area contributed by atoms with Crippen molar-refractivity contribution in [3.05, 3.63) is 44.1 Å². The lowest BCUT2D eigenvalue weighted by molar-refractivity contribution is 0.0951. The summed E-state index contributed by atoms with van der Waals surface area (Å²) >= 11 is 0. The molecule has 0 aliphatic carbocycles. The second kappa shape index (κ2) is 7.68. The van der Waals surface area contributed by atoms with Crippen LogP contribution >= 0.6 is 0 Å². The van der Waals surface area contributed by atoms with Crippen molar-refractivity contribution in [1.29, 1.82) is 0 Å². The second-order valence-corrected chi connectivity index (χ2v) is 5.92. The minimum absolute atomic E-state index is 0.0522. The number of carbonyl (C=O) groups is 2. The van der Waals surface area contributed by atoms with Crippen LogP contribution in [-0.2, 0) is 0 Å². The highest BCUT2D eigenvalue weighted by Gasteiger charge is 2.20. The lowest BCUT2D eigenvalue weighted by Gasteiger charge is -2.15. The van der Waals surface area contributed by atoms with Gasteiger partial charge in [0.2, 0.25) is 0 Å². The third kappa shape index (κ3) is 3.77. The van der Waals surface area contributed by atoms with E-state index in [1.807, 2.05) is 19.9 Å². The smallest absolute Gasteiger partial charge is 0.337 e. The molecule has 1 aliphatic heterocycles. The van der Waals surface area contributed by atoms with E-state index in [1.54, 1.807) is 11.8 Å². The maximum atomic E-state index is 12.5. The Balaban J connectivity index is 2.00. The van der Waals surface area contributed by atoms with Crippen LogP contribution in [0.4, 0.5) is 4.79 Å². The van der Waals surface area contributed by atoms with Crippen LogP contribution < -0.4 is 10.6 Å². The molecular formula is C17H22N4O3. The molecule has 3 amide bonds. The Bertz CT molecular complexity index is 719. The Morgan fingerprint density at radius 2 is 2.17 bits per heavy atom. The molecule has 0 atom stereocenters. The van der Waals surface area contributed by atoms with Crippen LogP contribution in [0.5, 0.6) is 0 Å². The first-order valence-electron chi connectivity index (χ1n) is 7.95. The quantitative estimate of drug-likeness (QED) is 0.639. The summed E-state index contributed by atoms with van der Waals surface area (Å²) in [6.45, 7) is 7.98. The van der Waals surface area contributed by atoms with Crippen LogP contribution in [0.25, 0.3) is 5.01 Å². The fourth-order valence-electron chi connectivity index (χ4n) is 3.04. The number of hydrogen-bond acceptors (Lipinski definition) is 3. The number of rotatable bonds is 5. The third-order valence-corrected chi connectivity index (χ3v) is 4.19. The van der Waals surface area contributed by atoms with Crippen molar-refractivity contribution in [3.63, 3.8) is 0 Å². The van der Waals surface area contributed by atoms with Gasteiger partial charge in [0, 0.05) is 36.8 Å². The molecule has 7 nitrogen and oxygen atoms in total. The number of nitrogens with zero attached hydrogens (tertiary/aromatic N) is 2. The van der Waals surface area contributed by atoms with Gasteiger partial charge in [0.1, 0.15) is 5.56 Å². The highest BCUT2D eigenvalue weighted by Crippen LogP contribution is 2.21. The molecule has 1 aliphatic rings. The zero-order chi connectivity index (χ0) is 17.7. The Labute approximate surface area is 141 Å². The van der Waals surface area contributed by atoms with E-state index in [0.29, 0.717) is 49.3 Å². The predicted octanol–water partition coefficient (Wildman–Crippen LogP) is 1.94. The molecule has 2 rings (SSSR count). The van der Waals surface area contributed by atoms with E-state index >= 15 is 0 Å². The molecule has 1 heterocycles. The van der Waals surface area contributed by atoms with Gasteiger partial charge in [0.15, 0.2) is 0 Å². The number of hydrogen-bond donors (Lipinski definition) is 2. The molecule has 0 bridgehead atoms. The van der Waals surface area contributed by atoms with Gasteiger partial charge < -0.3 is 20.7 Å². The Kier molecular flexibility index (Phi) is 5.64. The molecule has 0 aromatic heterocycles. The average Bonchev–Trinajstić information content (AvgIpc) is 2.93. The number of nitrogens with one attached hydrogen (secondary N) is 2. The SMILES string of the molecule is Cc1cc(C)c(C(=O)NCCCN2CCNC2=O)c(C)c1C#[N+][O-]. The fraction of sp³-hybridized carbons (Fsp3) is 0.471. The molecule has 1 saturated heterocycles. The summed E-state index contributed by atoms with van der Waals surface area (Å²) in [6.07, 6.45) is 0.685. The normalized spacial score (nSPS) is 13.3. The van der Waals surface area contributed by atoms with Gasteiger partial charge in [-0.15, -0.1) is 0 Å². The highest BCUT2D eigenvalue weighted by atomic mass is 16.4. The van der Waals surface area contributed by atoms with E-state index in [-0.39, 0.29) is 11.9 Å². The molecular weight excluding hydrogens is 308 g/mol. The van der Waals surface area contributed by atoms with E-state index < -0.39 is 0 Å². The van der Waals surface area contributed by atoms with Crippen molar-refractivity contribution in [1.82, 2.24) is 15.5 Å². The van der Waals surface area contributed by atoms with Crippen LogP contribution in [-0.4, -0.2) is 43.0 Å². The summed E-state index contributed by atoms with van der Waals surface area (Å²) in [4.78, 5) is 25.6. The molecule has 1 fully saturated rings. The molecule has 7 heteroatoms. The van der Waals surface area contributed by atoms with Crippen molar-refractivity contribution < 1.29 is 9.59 Å². The average molecular weight is 330 g/mol. The standard InChI is InChI=1S/C17H22N4O3/c1-11-9-12(2)15(13(3)14(11)10-20-24)16(22)18-5-4-7-21-8-6-19-17(21)23/h9H,4-8H2,1-3H3,(H,18,22)(H,19,23). The molecule has 0 spiro atoms. The summed E-state index contributed by atoms with van der Waals surface area (Å²) in [6, 6.07) is 4.21. The van der Waals surface area contributed by atoms with Crippen LogP contribution in [0.2, 0.25) is 0 Å². The molecule has 24 heavy (non-hydrogen) atoms. The van der Waals surface area contributed by atoms with E-state index in [1.165, 1.54) is 0 Å². The van der Waals surface area contributed by atoms with Gasteiger partial charge in [-0.3, -0.25) is 4.79 Å². The van der Waals surface area contributed by atoms with Crippen LogP contribution in [0.15, 0.2) is 6.07 Å². The number of amides is 3. The number of carbonyl (C=O) groups excluding carboxylic acids is 2. The first-order valence-corrected chi connectivity index (χ1v) is 7.95. The van der Waals surface area contributed by atoms with Crippen molar-refractivity contribution in [2.75, 3.05) is 26.2 Å². The van der Waals surface area contributed by atoms with Crippen molar-refractivity contribution in [3.8, 4) is 6.07 Å².